The smallest absolute Gasteiger partial charge is 0.270 e. The van der Waals surface area contributed by atoms with E-state index in [1.54, 1.807) is 17.0 Å². The highest BCUT2D eigenvalue weighted by molar-refractivity contribution is 6.14. The lowest BCUT2D eigenvalue weighted by molar-refractivity contribution is -0.117. The van der Waals surface area contributed by atoms with Crippen LogP contribution in [0.4, 0.5) is 10.1 Å². The summed E-state index contributed by atoms with van der Waals surface area (Å²) in [5, 5.41) is 3.82. The number of nitrogens with zero attached hydrogens (tertiary/aromatic N) is 2. The number of hydrogen-bond acceptors (Lipinski definition) is 2. The van der Waals surface area contributed by atoms with E-state index in [9.17, 15) is 14.0 Å². The molecule has 5 nitrogen and oxygen atoms in total. The Kier molecular flexibility index (Phi) is 4.63. The summed E-state index contributed by atoms with van der Waals surface area (Å²) in [5.74, 6) is -0.522. The van der Waals surface area contributed by atoms with E-state index in [2.05, 4.69) is 5.32 Å². The molecule has 2 aromatic carbocycles. The first-order valence-electron chi connectivity index (χ1n) is 9.38. The van der Waals surface area contributed by atoms with E-state index in [4.69, 9.17) is 0 Å². The molecule has 1 fully saturated rings. The summed E-state index contributed by atoms with van der Waals surface area (Å²) in [7, 11) is 1.84. The van der Waals surface area contributed by atoms with Crippen molar-refractivity contribution in [1.29, 1.82) is 0 Å². The number of aromatic nitrogens is 1. The lowest BCUT2D eigenvalue weighted by Crippen LogP contribution is -2.30. The molecule has 0 spiro atoms. The van der Waals surface area contributed by atoms with Crippen molar-refractivity contribution in [3.8, 4) is 0 Å². The zero-order valence-electron chi connectivity index (χ0n) is 16.0. The van der Waals surface area contributed by atoms with Crippen molar-refractivity contribution in [1.82, 2.24) is 9.88 Å². The Bertz CT molecular complexity index is 1070. The summed E-state index contributed by atoms with van der Waals surface area (Å²) in [6.07, 6.45) is 1.29. The van der Waals surface area contributed by atoms with Gasteiger partial charge in [-0.3, -0.25) is 9.59 Å². The maximum Gasteiger partial charge on any atom is 0.270 e. The Hall–Kier alpha value is -3.15. The second kappa shape index (κ2) is 7.11. The van der Waals surface area contributed by atoms with E-state index < -0.39 is 0 Å². The maximum atomic E-state index is 13.1. The molecule has 28 heavy (non-hydrogen) atoms. The van der Waals surface area contributed by atoms with Crippen LogP contribution in [0, 0.1) is 12.7 Å². The van der Waals surface area contributed by atoms with Crippen molar-refractivity contribution in [2.24, 2.45) is 7.05 Å². The summed E-state index contributed by atoms with van der Waals surface area (Å²) < 4.78 is 14.9. The quantitative estimate of drug-likeness (QED) is 0.752. The molecule has 1 saturated heterocycles. The number of hydrogen-bond donors (Lipinski definition) is 1. The van der Waals surface area contributed by atoms with Gasteiger partial charge in [-0.1, -0.05) is 23.8 Å². The van der Waals surface area contributed by atoms with E-state index in [0.717, 1.165) is 28.5 Å². The van der Waals surface area contributed by atoms with Crippen LogP contribution in [0.15, 0.2) is 42.5 Å². The minimum Gasteiger partial charge on any atom is -0.347 e. The first-order chi connectivity index (χ1) is 13.5. The van der Waals surface area contributed by atoms with Gasteiger partial charge in [0.05, 0.1) is 11.2 Å². The summed E-state index contributed by atoms with van der Waals surface area (Å²) in [6.45, 7) is 2.90. The number of anilines is 1. The highest BCUT2D eigenvalue weighted by Crippen LogP contribution is 2.36. The molecule has 0 saturated carbocycles. The average Bonchev–Trinajstić information content (AvgIpc) is 3.21. The fraction of sp³-hybridized carbons (Fsp3) is 0.273. The Morgan fingerprint density at radius 1 is 1.18 bits per heavy atom. The molecule has 2 heterocycles. The fourth-order valence-corrected chi connectivity index (χ4v) is 3.82. The van der Waals surface area contributed by atoms with Crippen molar-refractivity contribution in [2.45, 2.75) is 26.3 Å². The van der Waals surface area contributed by atoms with E-state index in [0.29, 0.717) is 24.3 Å². The molecule has 1 N–H and O–H groups in total. The zero-order valence-corrected chi connectivity index (χ0v) is 16.0. The third kappa shape index (κ3) is 3.15. The lowest BCUT2D eigenvalue weighted by atomic mass is 10.1. The molecule has 144 valence electrons. The Morgan fingerprint density at radius 2 is 1.93 bits per heavy atom. The van der Waals surface area contributed by atoms with Gasteiger partial charge >= 0.3 is 0 Å². The topological polar surface area (TPSA) is 54.3 Å². The lowest BCUT2D eigenvalue weighted by Gasteiger charge is -2.18. The second-order valence-corrected chi connectivity index (χ2v) is 7.23. The van der Waals surface area contributed by atoms with Crippen LogP contribution in [0.1, 0.15) is 34.5 Å². The maximum absolute atomic E-state index is 13.1. The Balaban J connectivity index is 1.74. The Morgan fingerprint density at radius 3 is 2.61 bits per heavy atom. The molecule has 1 aliphatic rings. The fourth-order valence-electron chi connectivity index (χ4n) is 3.82. The summed E-state index contributed by atoms with van der Waals surface area (Å²) >= 11 is 0. The molecule has 0 radical (unpaired) electrons. The Labute approximate surface area is 162 Å². The monoisotopic (exact) mass is 379 g/mol. The summed E-state index contributed by atoms with van der Waals surface area (Å²) in [4.78, 5) is 27.3. The summed E-state index contributed by atoms with van der Waals surface area (Å²) in [5.41, 5.74) is 3.94. The SMILES string of the molecule is Cc1ccc2c(c1)c(N1CCCC1=O)c(C(=O)NCc1ccc(F)cc1)n2C. The number of amides is 2. The van der Waals surface area contributed by atoms with Gasteiger partial charge < -0.3 is 14.8 Å². The van der Waals surface area contributed by atoms with Gasteiger partial charge in [0.25, 0.3) is 5.91 Å². The molecule has 1 aliphatic heterocycles. The highest BCUT2D eigenvalue weighted by atomic mass is 19.1. The molecule has 2 amide bonds. The van der Waals surface area contributed by atoms with Gasteiger partial charge in [-0.25, -0.2) is 4.39 Å². The van der Waals surface area contributed by atoms with Gasteiger partial charge in [0.2, 0.25) is 5.91 Å². The molecule has 0 atom stereocenters. The standard InChI is InChI=1S/C22H22FN3O2/c1-14-5-10-18-17(12-14)20(26-11-3-4-19(26)27)21(25(18)2)22(28)24-13-15-6-8-16(23)9-7-15/h5-10,12H,3-4,11,13H2,1-2H3,(H,24,28). The minimum atomic E-state index is -0.311. The van der Waals surface area contributed by atoms with Crippen LogP contribution < -0.4 is 10.2 Å². The van der Waals surface area contributed by atoms with Crippen molar-refractivity contribution in [2.75, 3.05) is 11.4 Å². The van der Waals surface area contributed by atoms with Crippen molar-refractivity contribution >= 4 is 28.4 Å². The second-order valence-electron chi connectivity index (χ2n) is 7.23. The van der Waals surface area contributed by atoms with Gasteiger partial charge in [0.1, 0.15) is 11.5 Å². The number of aryl methyl sites for hydroxylation is 2. The largest absolute Gasteiger partial charge is 0.347 e. The predicted octanol–water partition coefficient (Wildman–Crippen LogP) is 3.68. The number of nitrogens with one attached hydrogen (secondary N) is 1. The average molecular weight is 379 g/mol. The summed E-state index contributed by atoms with van der Waals surface area (Å²) in [6, 6.07) is 12.0. The van der Waals surface area contributed by atoms with Crippen molar-refractivity contribution in [3.63, 3.8) is 0 Å². The molecule has 3 aromatic rings. The molecule has 0 aliphatic carbocycles. The van der Waals surface area contributed by atoms with Gasteiger partial charge in [-0.05, 0) is 43.2 Å². The van der Waals surface area contributed by atoms with Crippen LogP contribution in [-0.4, -0.2) is 22.9 Å². The first-order valence-corrected chi connectivity index (χ1v) is 9.38. The number of rotatable bonds is 4. The number of carbonyl (C=O) groups is 2. The van der Waals surface area contributed by atoms with Crippen LogP contribution >= 0.6 is 0 Å². The number of fused-ring (bicyclic) bond motifs is 1. The van der Waals surface area contributed by atoms with Gasteiger partial charge in [0.15, 0.2) is 0 Å². The van der Waals surface area contributed by atoms with E-state index in [1.165, 1.54) is 12.1 Å². The van der Waals surface area contributed by atoms with Gasteiger partial charge in [0, 0.05) is 31.9 Å². The highest BCUT2D eigenvalue weighted by Gasteiger charge is 2.31. The van der Waals surface area contributed by atoms with Crippen LogP contribution in [0.2, 0.25) is 0 Å². The van der Waals surface area contributed by atoms with E-state index >= 15 is 0 Å². The molecular weight excluding hydrogens is 357 g/mol. The molecule has 4 rings (SSSR count). The molecule has 0 unspecified atom stereocenters. The third-order valence-electron chi connectivity index (χ3n) is 5.25. The van der Waals surface area contributed by atoms with E-state index in [1.807, 2.05) is 36.7 Å². The van der Waals surface area contributed by atoms with Crippen LogP contribution in [0.25, 0.3) is 10.9 Å². The first kappa shape index (κ1) is 18.2. The number of carbonyl (C=O) groups excluding carboxylic acids is 2. The minimum absolute atomic E-state index is 0.0431. The van der Waals surface area contributed by atoms with Crippen molar-refractivity contribution in [3.05, 3.63) is 65.1 Å². The molecule has 1 aromatic heterocycles. The molecule has 0 bridgehead atoms. The van der Waals surface area contributed by atoms with Gasteiger partial charge in [-0.15, -0.1) is 0 Å². The molecule has 6 heteroatoms. The molecular formula is C22H22FN3O2. The van der Waals surface area contributed by atoms with Crippen LogP contribution in [-0.2, 0) is 18.4 Å². The normalized spacial score (nSPS) is 14.1. The number of benzene rings is 2. The van der Waals surface area contributed by atoms with Crippen LogP contribution in [0.3, 0.4) is 0 Å². The van der Waals surface area contributed by atoms with Crippen molar-refractivity contribution < 1.29 is 14.0 Å². The third-order valence-corrected chi connectivity index (χ3v) is 5.25. The number of halogens is 1. The predicted molar refractivity (Wildman–Crippen MR) is 107 cm³/mol. The zero-order chi connectivity index (χ0) is 19.8. The van der Waals surface area contributed by atoms with Gasteiger partial charge in [-0.2, -0.15) is 0 Å². The van der Waals surface area contributed by atoms with Crippen LogP contribution in [0.5, 0.6) is 0 Å². The van der Waals surface area contributed by atoms with E-state index in [-0.39, 0.29) is 24.2 Å².